The van der Waals surface area contributed by atoms with E-state index < -0.39 is 0 Å². The molecule has 1 aromatic heterocycles. The van der Waals surface area contributed by atoms with Crippen LogP contribution < -0.4 is 5.32 Å². The average Bonchev–Trinajstić information content (AvgIpc) is 3.11. The largest absolute Gasteiger partial charge is 0.353 e. The van der Waals surface area contributed by atoms with Crippen molar-refractivity contribution in [1.82, 2.24) is 20.1 Å². The number of nitrogens with one attached hydrogen (secondary N) is 1. The Bertz CT molecular complexity index is 971. The highest BCUT2D eigenvalue weighted by atomic mass is 32.2. The molecule has 5 nitrogen and oxygen atoms in total. The van der Waals surface area contributed by atoms with Crippen LogP contribution in [0.2, 0.25) is 0 Å². The molecule has 1 N–H and O–H groups in total. The van der Waals surface area contributed by atoms with Crippen molar-refractivity contribution in [2.24, 2.45) is 0 Å². The number of benzene rings is 2. The number of nitrogens with zero attached hydrogens (tertiary/aromatic N) is 3. The highest BCUT2D eigenvalue weighted by Gasteiger charge is 2.19. The standard InChI is InChI=1S/C22H25FN4OS/c1-4-7-16(3)24-20(28)14-29-22-26-25-21(18-8-5-6-9-19(18)23)27(22)17-12-10-15(2)11-13-17/h5-6,8-13,16H,4,7,14H2,1-3H3,(H,24,28). The van der Waals surface area contributed by atoms with Crippen molar-refractivity contribution in [3.05, 3.63) is 59.9 Å². The quantitative estimate of drug-likeness (QED) is 0.541. The SMILES string of the molecule is CCCC(C)NC(=O)CSc1nnc(-c2ccccc2F)n1-c1ccc(C)cc1. The molecule has 7 heteroatoms. The lowest BCUT2D eigenvalue weighted by molar-refractivity contribution is -0.119. The molecule has 0 aliphatic heterocycles. The molecule has 0 saturated heterocycles. The molecule has 1 atom stereocenters. The zero-order valence-electron chi connectivity index (χ0n) is 16.9. The Labute approximate surface area is 174 Å². The lowest BCUT2D eigenvalue weighted by Crippen LogP contribution is -2.33. The van der Waals surface area contributed by atoms with Crippen molar-refractivity contribution >= 4 is 17.7 Å². The maximum Gasteiger partial charge on any atom is 0.230 e. The molecule has 0 bridgehead atoms. The number of carbonyl (C=O) groups is 1. The third-order valence-electron chi connectivity index (χ3n) is 4.50. The summed E-state index contributed by atoms with van der Waals surface area (Å²) in [6.45, 7) is 6.09. The van der Waals surface area contributed by atoms with Crippen LogP contribution in [-0.2, 0) is 4.79 Å². The van der Waals surface area contributed by atoms with Gasteiger partial charge in [0, 0.05) is 11.7 Å². The zero-order valence-corrected chi connectivity index (χ0v) is 17.7. The van der Waals surface area contributed by atoms with Crippen LogP contribution in [-0.4, -0.2) is 32.5 Å². The molecule has 0 radical (unpaired) electrons. The first-order chi connectivity index (χ1) is 14.0. The van der Waals surface area contributed by atoms with Crippen molar-refractivity contribution < 1.29 is 9.18 Å². The average molecular weight is 413 g/mol. The van der Waals surface area contributed by atoms with Gasteiger partial charge in [-0.15, -0.1) is 10.2 Å². The van der Waals surface area contributed by atoms with Crippen LogP contribution in [0.4, 0.5) is 4.39 Å². The molecule has 152 valence electrons. The van der Waals surface area contributed by atoms with Gasteiger partial charge in [-0.2, -0.15) is 0 Å². The Morgan fingerprint density at radius 2 is 1.90 bits per heavy atom. The van der Waals surface area contributed by atoms with Crippen LogP contribution in [0, 0.1) is 12.7 Å². The van der Waals surface area contributed by atoms with Gasteiger partial charge in [0.2, 0.25) is 5.91 Å². The van der Waals surface area contributed by atoms with Crippen molar-refractivity contribution in [3.8, 4) is 17.1 Å². The number of thioether (sulfide) groups is 1. The lowest BCUT2D eigenvalue weighted by Gasteiger charge is -2.13. The molecule has 3 rings (SSSR count). The van der Waals surface area contributed by atoms with E-state index >= 15 is 0 Å². The van der Waals surface area contributed by atoms with E-state index in [1.165, 1.54) is 17.8 Å². The van der Waals surface area contributed by atoms with Gasteiger partial charge in [-0.05, 0) is 44.5 Å². The van der Waals surface area contributed by atoms with E-state index in [9.17, 15) is 9.18 Å². The first-order valence-corrected chi connectivity index (χ1v) is 10.7. The summed E-state index contributed by atoms with van der Waals surface area (Å²) in [5.74, 6) is 0.210. The minimum Gasteiger partial charge on any atom is -0.353 e. The van der Waals surface area contributed by atoms with E-state index in [1.54, 1.807) is 22.8 Å². The second-order valence-electron chi connectivity index (χ2n) is 7.00. The second kappa shape index (κ2) is 9.69. The summed E-state index contributed by atoms with van der Waals surface area (Å²) in [6.07, 6.45) is 1.95. The maximum absolute atomic E-state index is 14.4. The molecule has 1 amide bonds. The summed E-state index contributed by atoms with van der Waals surface area (Å²) in [6, 6.07) is 14.5. The number of carbonyl (C=O) groups excluding carboxylic acids is 1. The van der Waals surface area contributed by atoms with Crippen LogP contribution in [0.1, 0.15) is 32.3 Å². The number of amides is 1. The third kappa shape index (κ3) is 5.23. The minimum absolute atomic E-state index is 0.0538. The Hall–Kier alpha value is -2.67. The molecule has 0 spiro atoms. The van der Waals surface area contributed by atoms with Gasteiger partial charge in [0.15, 0.2) is 11.0 Å². The molecule has 0 aliphatic carbocycles. The summed E-state index contributed by atoms with van der Waals surface area (Å²) >= 11 is 1.29. The molecular weight excluding hydrogens is 387 g/mol. The van der Waals surface area contributed by atoms with Gasteiger partial charge in [0.25, 0.3) is 0 Å². The van der Waals surface area contributed by atoms with Crippen LogP contribution in [0.15, 0.2) is 53.7 Å². The first kappa shape index (κ1) is 21.0. The van der Waals surface area contributed by atoms with Crippen LogP contribution >= 0.6 is 11.8 Å². The van der Waals surface area contributed by atoms with E-state index in [4.69, 9.17) is 0 Å². The predicted molar refractivity (Wildman–Crippen MR) is 115 cm³/mol. The summed E-state index contributed by atoms with van der Waals surface area (Å²) in [5, 5.41) is 12.0. The third-order valence-corrected chi connectivity index (χ3v) is 5.43. The molecule has 29 heavy (non-hydrogen) atoms. The van der Waals surface area contributed by atoms with Gasteiger partial charge in [0.05, 0.1) is 11.3 Å². The number of halogens is 1. The van der Waals surface area contributed by atoms with Gasteiger partial charge in [-0.3, -0.25) is 9.36 Å². The van der Waals surface area contributed by atoms with E-state index in [0.29, 0.717) is 16.5 Å². The number of aromatic nitrogens is 3. The Kier molecular flexibility index (Phi) is 7.04. The molecule has 0 aliphatic rings. The fourth-order valence-electron chi connectivity index (χ4n) is 3.06. The van der Waals surface area contributed by atoms with E-state index in [2.05, 4.69) is 22.4 Å². The van der Waals surface area contributed by atoms with Crippen LogP contribution in [0.5, 0.6) is 0 Å². The van der Waals surface area contributed by atoms with Crippen molar-refractivity contribution in [3.63, 3.8) is 0 Å². The summed E-state index contributed by atoms with van der Waals surface area (Å²) < 4.78 is 16.2. The first-order valence-electron chi connectivity index (χ1n) is 9.69. The van der Waals surface area contributed by atoms with Crippen molar-refractivity contribution in [1.29, 1.82) is 0 Å². The molecule has 0 fully saturated rings. The summed E-state index contributed by atoms with van der Waals surface area (Å²) in [5.41, 5.74) is 2.31. The van der Waals surface area contributed by atoms with Gasteiger partial charge >= 0.3 is 0 Å². The highest BCUT2D eigenvalue weighted by molar-refractivity contribution is 7.99. The molecule has 1 unspecified atom stereocenters. The zero-order chi connectivity index (χ0) is 20.8. The Morgan fingerprint density at radius 1 is 1.17 bits per heavy atom. The monoisotopic (exact) mass is 412 g/mol. The Morgan fingerprint density at radius 3 is 2.59 bits per heavy atom. The normalized spacial score (nSPS) is 12.0. The fraction of sp³-hybridized carbons (Fsp3) is 0.318. The maximum atomic E-state index is 14.4. The van der Waals surface area contributed by atoms with E-state index in [0.717, 1.165) is 24.1 Å². The summed E-state index contributed by atoms with van der Waals surface area (Å²) in [4.78, 5) is 12.3. The number of aryl methyl sites for hydroxylation is 1. The Balaban J connectivity index is 1.90. The highest BCUT2D eigenvalue weighted by Crippen LogP contribution is 2.29. The molecule has 0 saturated carbocycles. The van der Waals surface area contributed by atoms with Crippen molar-refractivity contribution in [2.75, 3.05) is 5.75 Å². The number of hydrogen-bond acceptors (Lipinski definition) is 4. The van der Waals surface area contributed by atoms with Crippen LogP contribution in [0.3, 0.4) is 0 Å². The van der Waals surface area contributed by atoms with Gasteiger partial charge < -0.3 is 5.32 Å². The number of rotatable bonds is 8. The topological polar surface area (TPSA) is 59.8 Å². The van der Waals surface area contributed by atoms with Gasteiger partial charge in [-0.25, -0.2) is 4.39 Å². The van der Waals surface area contributed by atoms with Gasteiger partial charge in [0.1, 0.15) is 5.82 Å². The van der Waals surface area contributed by atoms with Crippen LogP contribution in [0.25, 0.3) is 17.1 Å². The second-order valence-corrected chi connectivity index (χ2v) is 7.95. The predicted octanol–water partition coefficient (Wildman–Crippen LogP) is 4.78. The summed E-state index contributed by atoms with van der Waals surface area (Å²) in [7, 11) is 0. The van der Waals surface area contributed by atoms with E-state index in [1.807, 2.05) is 38.1 Å². The number of hydrogen-bond donors (Lipinski definition) is 1. The lowest BCUT2D eigenvalue weighted by atomic mass is 10.2. The molecular formula is C22H25FN4OS. The molecule has 1 heterocycles. The fourth-order valence-corrected chi connectivity index (χ4v) is 3.82. The van der Waals surface area contributed by atoms with E-state index in [-0.39, 0.29) is 23.5 Å². The molecule has 3 aromatic rings. The van der Waals surface area contributed by atoms with Crippen molar-refractivity contribution in [2.45, 2.75) is 44.8 Å². The molecule has 2 aromatic carbocycles. The minimum atomic E-state index is -0.365. The smallest absolute Gasteiger partial charge is 0.230 e. The van der Waals surface area contributed by atoms with Gasteiger partial charge in [-0.1, -0.05) is 54.9 Å².